The highest BCUT2D eigenvalue weighted by molar-refractivity contribution is 7.89. The summed E-state index contributed by atoms with van der Waals surface area (Å²) in [7, 11) is -3.49. The van der Waals surface area contributed by atoms with Crippen LogP contribution in [0.3, 0.4) is 0 Å². The van der Waals surface area contributed by atoms with Crippen LogP contribution in [0.25, 0.3) is 0 Å². The molecule has 1 aliphatic rings. The van der Waals surface area contributed by atoms with Crippen LogP contribution >= 0.6 is 11.3 Å². The van der Waals surface area contributed by atoms with E-state index in [0.29, 0.717) is 23.7 Å². The molecule has 1 N–H and O–H groups in total. The zero-order chi connectivity index (χ0) is 17.2. The lowest BCUT2D eigenvalue weighted by molar-refractivity contribution is 0.103. The van der Waals surface area contributed by atoms with E-state index in [1.807, 2.05) is 31.2 Å². The highest BCUT2D eigenvalue weighted by Gasteiger charge is 2.27. The number of nitrogens with one attached hydrogen (secondary N) is 1. The van der Waals surface area contributed by atoms with Crippen molar-refractivity contribution >= 4 is 33.0 Å². The number of carbonyl (C=O) groups excluding carboxylic acids is 1. The first-order valence-corrected chi connectivity index (χ1v) is 10.3. The molecule has 1 aliphatic heterocycles. The Morgan fingerprint density at radius 3 is 2.62 bits per heavy atom. The van der Waals surface area contributed by atoms with Gasteiger partial charge in [0, 0.05) is 24.2 Å². The molecular weight excluding hydrogens is 344 g/mol. The Morgan fingerprint density at radius 1 is 1.17 bits per heavy atom. The first-order valence-electron chi connectivity index (χ1n) is 7.93. The molecule has 0 spiro atoms. The molecule has 1 fully saturated rings. The van der Waals surface area contributed by atoms with Gasteiger partial charge in [0.2, 0.25) is 10.0 Å². The minimum Gasteiger partial charge on any atom is -0.321 e. The van der Waals surface area contributed by atoms with Gasteiger partial charge in [-0.05, 0) is 43.5 Å². The third kappa shape index (κ3) is 3.68. The van der Waals surface area contributed by atoms with E-state index in [-0.39, 0.29) is 10.8 Å². The minimum atomic E-state index is -3.49. The van der Waals surface area contributed by atoms with E-state index in [1.165, 1.54) is 10.4 Å². The Balaban J connectivity index is 1.76. The van der Waals surface area contributed by atoms with Crippen LogP contribution in [0.15, 0.2) is 40.6 Å². The number of sulfonamides is 1. The summed E-state index contributed by atoms with van der Waals surface area (Å²) in [5, 5.41) is 4.36. The van der Waals surface area contributed by atoms with Crippen LogP contribution in [0.4, 0.5) is 5.69 Å². The minimum absolute atomic E-state index is 0.212. The summed E-state index contributed by atoms with van der Waals surface area (Å²) in [5.41, 5.74) is 1.75. The number of benzene rings is 1. The summed E-state index contributed by atoms with van der Waals surface area (Å²) in [6.07, 6.45) is 2.86. The van der Waals surface area contributed by atoms with Crippen LogP contribution < -0.4 is 5.32 Å². The fourth-order valence-electron chi connectivity index (χ4n) is 2.74. The highest BCUT2D eigenvalue weighted by Crippen LogP contribution is 2.25. The van der Waals surface area contributed by atoms with Crippen LogP contribution in [0, 0.1) is 6.92 Å². The number of hydrogen-bond acceptors (Lipinski definition) is 4. The van der Waals surface area contributed by atoms with Crippen LogP contribution in [-0.4, -0.2) is 31.7 Å². The maximum atomic E-state index is 12.6. The Labute approximate surface area is 146 Å². The lowest BCUT2D eigenvalue weighted by Gasteiger charge is -2.25. The topological polar surface area (TPSA) is 66.5 Å². The third-order valence-electron chi connectivity index (χ3n) is 4.03. The lowest BCUT2D eigenvalue weighted by atomic mass is 10.2. The van der Waals surface area contributed by atoms with Crippen LogP contribution in [-0.2, 0) is 10.0 Å². The molecule has 5 nitrogen and oxygen atoms in total. The summed E-state index contributed by atoms with van der Waals surface area (Å²) in [6.45, 7) is 3.07. The van der Waals surface area contributed by atoms with Crippen molar-refractivity contribution in [1.29, 1.82) is 0 Å². The van der Waals surface area contributed by atoms with Crippen molar-refractivity contribution in [2.75, 3.05) is 18.4 Å². The van der Waals surface area contributed by atoms with E-state index in [0.717, 1.165) is 36.2 Å². The second-order valence-electron chi connectivity index (χ2n) is 5.94. The van der Waals surface area contributed by atoms with E-state index in [2.05, 4.69) is 5.32 Å². The van der Waals surface area contributed by atoms with Gasteiger partial charge in [-0.2, -0.15) is 4.31 Å². The van der Waals surface area contributed by atoms with Crippen molar-refractivity contribution < 1.29 is 13.2 Å². The fourth-order valence-corrected chi connectivity index (χ4v) is 5.42. The number of nitrogens with zero attached hydrogens (tertiary/aromatic N) is 1. The molecule has 0 saturated carbocycles. The molecule has 1 aromatic heterocycles. The van der Waals surface area contributed by atoms with Gasteiger partial charge < -0.3 is 5.32 Å². The van der Waals surface area contributed by atoms with E-state index in [4.69, 9.17) is 0 Å². The Hall–Kier alpha value is -1.70. The summed E-state index contributed by atoms with van der Waals surface area (Å²) >= 11 is 1.15. The molecule has 1 saturated heterocycles. The zero-order valence-electron chi connectivity index (χ0n) is 13.5. The molecule has 128 valence electrons. The van der Waals surface area contributed by atoms with Crippen molar-refractivity contribution in [3.63, 3.8) is 0 Å². The number of aryl methyl sites for hydroxylation is 1. The highest BCUT2D eigenvalue weighted by atomic mass is 32.2. The number of piperidine rings is 1. The first kappa shape index (κ1) is 17.1. The molecular formula is C17H20N2O3S2. The summed E-state index contributed by atoms with van der Waals surface area (Å²) in [6, 6.07) is 8.97. The van der Waals surface area contributed by atoms with Gasteiger partial charge in [0.1, 0.15) is 0 Å². The number of hydrogen-bond donors (Lipinski definition) is 1. The van der Waals surface area contributed by atoms with E-state index in [9.17, 15) is 13.2 Å². The van der Waals surface area contributed by atoms with Gasteiger partial charge in [-0.15, -0.1) is 11.3 Å². The van der Waals surface area contributed by atoms with Crippen molar-refractivity contribution in [3.05, 3.63) is 46.2 Å². The maximum Gasteiger partial charge on any atom is 0.265 e. The molecule has 2 aromatic rings. The number of amides is 1. The van der Waals surface area contributed by atoms with Crippen molar-refractivity contribution in [3.8, 4) is 0 Å². The molecule has 1 aromatic carbocycles. The largest absolute Gasteiger partial charge is 0.321 e. The van der Waals surface area contributed by atoms with Crippen molar-refractivity contribution in [1.82, 2.24) is 4.31 Å². The standard InChI is InChI=1S/C17H20N2O3S2/c1-13-6-5-7-14(10-13)18-17(20)16-11-15(12-23-16)24(21,22)19-8-3-2-4-9-19/h5-7,10-12H,2-4,8-9H2,1H3,(H,18,20). The van der Waals surface area contributed by atoms with E-state index >= 15 is 0 Å². The fraction of sp³-hybridized carbons (Fsp3) is 0.353. The average Bonchev–Trinajstić information content (AvgIpc) is 3.07. The quantitative estimate of drug-likeness (QED) is 0.903. The van der Waals surface area contributed by atoms with Crippen LogP contribution in [0.1, 0.15) is 34.5 Å². The Bertz CT molecular complexity index is 837. The van der Waals surface area contributed by atoms with Gasteiger partial charge in [-0.25, -0.2) is 8.42 Å². The van der Waals surface area contributed by atoms with Gasteiger partial charge in [0.05, 0.1) is 9.77 Å². The third-order valence-corrected chi connectivity index (χ3v) is 6.98. The second-order valence-corrected chi connectivity index (χ2v) is 8.78. The van der Waals surface area contributed by atoms with Crippen molar-refractivity contribution in [2.24, 2.45) is 0 Å². The molecule has 0 aliphatic carbocycles. The molecule has 1 amide bonds. The number of carbonyl (C=O) groups is 1. The monoisotopic (exact) mass is 364 g/mol. The summed E-state index contributed by atoms with van der Waals surface area (Å²) in [5.74, 6) is -0.286. The smallest absolute Gasteiger partial charge is 0.265 e. The molecule has 7 heteroatoms. The van der Waals surface area contributed by atoms with Gasteiger partial charge >= 0.3 is 0 Å². The van der Waals surface area contributed by atoms with Crippen LogP contribution in [0.2, 0.25) is 0 Å². The second kappa shape index (κ2) is 7.04. The SMILES string of the molecule is Cc1cccc(NC(=O)c2cc(S(=O)(=O)N3CCCCC3)cs2)c1. The molecule has 0 unspecified atom stereocenters. The predicted octanol–water partition coefficient (Wildman–Crippen LogP) is 3.48. The average molecular weight is 364 g/mol. The molecule has 3 rings (SSSR count). The maximum absolute atomic E-state index is 12.6. The molecule has 0 bridgehead atoms. The van der Waals surface area contributed by atoms with Gasteiger partial charge in [0.25, 0.3) is 5.91 Å². The van der Waals surface area contributed by atoms with E-state index in [1.54, 1.807) is 5.38 Å². The van der Waals surface area contributed by atoms with Gasteiger partial charge in [0.15, 0.2) is 0 Å². The van der Waals surface area contributed by atoms with Crippen LogP contribution in [0.5, 0.6) is 0 Å². The summed E-state index contributed by atoms with van der Waals surface area (Å²) < 4.78 is 26.8. The predicted molar refractivity (Wildman–Crippen MR) is 96.1 cm³/mol. The summed E-state index contributed by atoms with van der Waals surface area (Å²) in [4.78, 5) is 12.9. The lowest BCUT2D eigenvalue weighted by Crippen LogP contribution is -2.35. The van der Waals surface area contributed by atoms with Gasteiger partial charge in [-0.3, -0.25) is 4.79 Å². The number of thiophene rings is 1. The molecule has 2 heterocycles. The number of anilines is 1. The molecule has 0 radical (unpaired) electrons. The Kier molecular flexibility index (Phi) is 5.03. The molecule has 0 atom stereocenters. The number of rotatable bonds is 4. The van der Waals surface area contributed by atoms with E-state index < -0.39 is 10.0 Å². The normalized spacial score (nSPS) is 16.0. The van der Waals surface area contributed by atoms with Gasteiger partial charge in [-0.1, -0.05) is 18.6 Å². The zero-order valence-corrected chi connectivity index (χ0v) is 15.1. The molecule has 24 heavy (non-hydrogen) atoms. The Morgan fingerprint density at radius 2 is 1.92 bits per heavy atom. The van der Waals surface area contributed by atoms with Crippen molar-refractivity contribution in [2.45, 2.75) is 31.1 Å². The first-order chi connectivity index (χ1) is 11.5.